The lowest BCUT2D eigenvalue weighted by Gasteiger charge is -2.35. The Balaban J connectivity index is 1.43. The number of Topliss-reactive ketones (excluding diaryl/α,β-unsaturated/α-hetero) is 1. The Hall–Kier alpha value is -4.18. The van der Waals surface area contributed by atoms with Crippen LogP contribution in [0.2, 0.25) is 0 Å². The number of halogens is 3. The van der Waals surface area contributed by atoms with Crippen LogP contribution < -0.4 is 21.4 Å². The number of nitrogens with zero attached hydrogens (tertiary/aromatic N) is 1. The number of ketones is 1. The molecule has 0 aromatic heterocycles. The third-order valence-electron chi connectivity index (χ3n) is 8.89. The second kappa shape index (κ2) is 14.4. The van der Waals surface area contributed by atoms with Gasteiger partial charge in [0.1, 0.15) is 23.8 Å². The molecule has 5 rings (SSSR count). The summed E-state index contributed by atoms with van der Waals surface area (Å²) in [6.07, 6.45) is 2.55. The van der Waals surface area contributed by atoms with Crippen molar-refractivity contribution >= 4 is 35.3 Å². The minimum Gasteiger partial charge on any atom is -0.444 e. The Morgan fingerprint density at radius 3 is 2.37 bits per heavy atom. The number of hydrogen-bond acceptors (Lipinski definition) is 9. The van der Waals surface area contributed by atoms with E-state index >= 15 is 0 Å². The van der Waals surface area contributed by atoms with Crippen molar-refractivity contribution in [2.45, 2.75) is 102 Å². The van der Waals surface area contributed by atoms with Gasteiger partial charge in [-0.1, -0.05) is 34.1 Å². The van der Waals surface area contributed by atoms with Gasteiger partial charge in [-0.25, -0.2) is 18.0 Å². The Labute approximate surface area is 281 Å². The molecule has 1 aromatic carbocycles. The van der Waals surface area contributed by atoms with Gasteiger partial charge >= 0.3 is 6.09 Å². The molecule has 3 aliphatic heterocycles. The van der Waals surface area contributed by atoms with Gasteiger partial charge < -0.3 is 30.3 Å². The minimum absolute atomic E-state index is 0.0647. The molecule has 5 atom stereocenters. The molecule has 1 saturated carbocycles. The lowest BCUT2D eigenvalue weighted by atomic mass is 9.85. The number of amides is 4. The molecule has 1 spiro atoms. The summed E-state index contributed by atoms with van der Waals surface area (Å²) in [4.78, 5) is 74.0. The average Bonchev–Trinajstić information content (AvgIpc) is 3.38. The SMILES string of the molecule is CCC[C@H](NC(=O)[C@@H]1C[C@@]2(C=C(c3cc(F)c(F)c(F)c3)NO2)CN1C(=O)[C@@H](NC(=O)O[C@H]1CCOC1)C(C)(C)C)C(=O)C(=O)NC1CC1. The summed E-state index contributed by atoms with van der Waals surface area (Å²) in [6, 6.07) is -2.20. The van der Waals surface area contributed by atoms with E-state index in [9.17, 15) is 37.1 Å². The maximum atomic E-state index is 14.4. The standard InChI is InChI=1S/C33H42F3N5O8/c1-5-6-22(26(42)29(44)37-18-7-8-18)38-28(43)24-14-33(13-23(40-49-33)17-11-20(34)25(36)21(35)12-17)16-41(24)30(45)27(32(2,3)4)39-31(46)48-19-9-10-47-15-19/h11-13,18-19,22,24,27,40H,5-10,14-16H2,1-4H3,(H,37,44)(H,38,43)(H,39,46)/t19-,22-,24-,27+,33-/m0/s1. The number of alkyl carbamates (subject to hydrolysis) is 1. The molecule has 1 aliphatic carbocycles. The molecule has 13 nitrogen and oxygen atoms in total. The van der Waals surface area contributed by atoms with Gasteiger partial charge in [0, 0.05) is 24.4 Å². The topological polar surface area (TPSA) is 164 Å². The van der Waals surface area contributed by atoms with E-state index < -0.39 is 82.3 Å². The first-order chi connectivity index (χ1) is 23.1. The minimum atomic E-state index is -1.64. The van der Waals surface area contributed by atoms with Crippen molar-refractivity contribution in [3.63, 3.8) is 0 Å². The van der Waals surface area contributed by atoms with Crippen LogP contribution in [0.4, 0.5) is 18.0 Å². The maximum absolute atomic E-state index is 14.4. The van der Waals surface area contributed by atoms with E-state index in [2.05, 4.69) is 21.4 Å². The van der Waals surface area contributed by atoms with Crippen LogP contribution in [-0.2, 0) is 33.5 Å². The zero-order chi connectivity index (χ0) is 35.7. The van der Waals surface area contributed by atoms with Crippen molar-refractivity contribution < 1.29 is 51.5 Å². The number of ether oxygens (including phenoxy) is 2. The molecule has 3 fully saturated rings. The van der Waals surface area contributed by atoms with E-state index in [-0.39, 0.29) is 43.3 Å². The van der Waals surface area contributed by atoms with Gasteiger partial charge in [0.15, 0.2) is 17.5 Å². The zero-order valence-electron chi connectivity index (χ0n) is 27.8. The molecule has 0 radical (unpaired) electrons. The third-order valence-corrected chi connectivity index (χ3v) is 8.89. The van der Waals surface area contributed by atoms with Gasteiger partial charge in [-0.2, -0.15) is 0 Å². The van der Waals surface area contributed by atoms with Gasteiger partial charge in [0.25, 0.3) is 5.91 Å². The number of carbonyl (C=O) groups excluding carboxylic acids is 5. The quantitative estimate of drug-likeness (QED) is 0.201. The second-order valence-electron chi connectivity index (χ2n) is 14.1. The van der Waals surface area contributed by atoms with E-state index in [1.54, 1.807) is 27.7 Å². The molecule has 2 saturated heterocycles. The fourth-order valence-electron chi connectivity index (χ4n) is 6.07. The molecule has 3 heterocycles. The van der Waals surface area contributed by atoms with Crippen LogP contribution in [0.5, 0.6) is 0 Å². The molecule has 4 N–H and O–H groups in total. The maximum Gasteiger partial charge on any atom is 0.408 e. The summed E-state index contributed by atoms with van der Waals surface area (Å²) in [6.45, 7) is 7.31. The first-order valence-corrected chi connectivity index (χ1v) is 16.4. The van der Waals surface area contributed by atoms with Crippen molar-refractivity contribution in [1.82, 2.24) is 26.3 Å². The summed E-state index contributed by atoms with van der Waals surface area (Å²) in [5.41, 5.74) is 0.246. The third kappa shape index (κ3) is 8.35. The number of hydroxylamine groups is 1. The normalized spacial score (nSPS) is 24.6. The summed E-state index contributed by atoms with van der Waals surface area (Å²) >= 11 is 0. The van der Waals surface area contributed by atoms with Gasteiger partial charge in [0.2, 0.25) is 17.6 Å². The number of carbonyl (C=O) groups is 5. The molecule has 268 valence electrons. The highest BCUT2D eigenvalue weighted by atomic mass is 19.2. The van der Waals surface area contributed by atoms with Crippen molar-refractivity contribution in [3.05, 3.63) is 41.2 Å². The van der Waals surface area contributed by atoms with E-state index in [4.69, 9.17) is 14.3 Å². The fraction of sp³-hybridized carbons (Fsp3) is 0.606. The summed E-state index contributed by atoms with van der Waals surface area (Å²) in [5.74, 6) is -7.54. The van der Waals surface area contributed by atoms with Crippen LogP contribution in [0, 0.1) is 22.9 Å². The Morgan fingerprint density at radius 1 is 1.08 bits per heavy atom. The molecule has 0 bridgehead atoms. The molecule has 16 heteroatoms. The molecule has 0 unspecified atom stereocenters. The largest absolute Gasteiger partial charge is 0.444 e. The van der Waals surface area contributed by atoms with E-state index in [1.807, 2.05) is 0 Å². The predicted molar refractivity (Wildman–Crippen MR) is 166 cm³/mol. The summed E-state index contributed by atoms with van der Waals surface area (Å²) in [5, 5.41) is 7.91. The highest BCUT2D eigenvalue weighted by Gasteiger charge is 2.54. The van der Waals surface area contributed by atoms with Gasteiger partial charge in [-0.05, 0) is 42.9 Å². The molecular weight excluding hydrogens is 651 g/mol. The summed E-state index contributed by atoms with van der Waals surface area (Å²) in [7, 11) is 0. The highest BCUT2D eigenvalue weighted by Crippen LogP contribution is 2.39. The van der Waals surface area contributed by atoms with Crippen molar-refractivity contribution in [1.29, 1.82) is 0 Å². The van der Waals surface area contributed by atoms with Crippen LogP contribution in [-0.4, -0.2) is 90.1 Å². The van der Waals surface area contributed by atoms with Crippen molar-refractivity contribution in [2.24, 2.45) is 5.41 Å². The van der Waals surface area contributed by atoms with Crippen LogP contribution in [0.1, 0.15) is 71.8 Å². The van der Waals surface area contributed by atoms with Crippen LogP contribution in [0.15, 0.2) is 18.2 Å². The number of nitrogens with one attached hydrogen (secondary N) is 4. The zero-order valence-corrected chi connectivity index (χ0v) is 27.8. The smallest absolute Gasteiger partial charge is 0.408 e. The van der Waals surface area contributed by atoms with Crippen LogP contribution >= 0.6 is 0 Å². The molecule has 49 heavy (non-hydrogen) atoms. The molecule has 1 aromatic rings. The summed E-state index contributed by atoms with van der Waals surface area (Å²) < 4.78 is 52.5. The highest BCUT2D eigenvalue weighted by molar-refractivity contribution is 6.38. The van der Waals surface area contributed by atoms with Gasteiger partial charge in [-0.15, -0.1) is 0 Å². The first kappa shape index (κ1) is 36.1. The Bertz CT molecular complexity index is 1500. The number of hydrogen-bond donors (Lipinski definition) is 4. The molecule has 4 amide bonds. The Morgan fingerprint density at radius 2 is 1.78 bits per heavy atom. The molecular formula is C33H42F3N5O8. The van der Waals surface area contributed by atoms with Gasteiger partial charge in [-0.3, -0.25) is 29.5 Å². The average molecular weight is 694 g/mol. The van der Waals surface area contributed by atoms with Gasteiger partial charge in [0.05, 0.1) is 31.5 Å². The van der Waals surface area contributed by atoms with Crippen molar-refractivity contribution in [2.75, 3.05) is 19.8 Å². The van der Waals surface area contributed by atoms with E-state index in [1.165, 1.54) is 11.0 Å². The molecule has 4 aliphatic rings. The Kier molecular flexibility index (Phi) is 10.6. The monoisotopic (exact) mass is 693 g/mol. The first-order valence-electron chi connectivity index (χ1n) is 16.4. The van der Waals surface area contributed by atoms with Crippen LogP contribution in [0.3, 0.4) is 0 Å². The van der Waals surface area contributed by atoms with E-state index in [0.29, 0.717) is 19.4 Å². The number of rotatable bonds is 11. The van der Waals surface area contributed by atoms with E-state index in [0.717, 1.165) is 25.0 Å². The lowest BCUT2D eigenvalue weighted by Crippen LogP contribution is -2.59. The number of benzene rings is 1. The lowest BCUT2D eigenvalue weighted by molar-refractivity contribution is -0.144. The fourth-order valence-corrected chi connectivity index (χ4v) is 6.07. The predicted octanol–water partition coefficient (Wildman–Crippen LogP) is 2.38. The second-order valence-corrected chi connectivity index (χ2v) is 14.1. The van der Waals surface area contributed by atoms with Crippen molar-refractivity contribution in [3.8, 4) is 0 Å². The number of likely N-dealkylation sites (tertiary alicyclic amines) is 1. The van der Waals surface area contributed by atoms with Crippen LogP contribution in [0.25, 0.3) is 5.70 Å².